The molecule has 0 bridgehead atoms. The molecule has 152 valence electrons. The molecular formula is C25H26N4O. The number of amides is 2. The van der Waals surface area contributed by atoms with Gasteiger partial charge in [0.15, 0.2) is 0 Å². The normalized spacial score (nSPS) is 10.9. The van der Waals surface area contributed by atoms with E-state index in [1.807, 2.05) is 56.7 Å². The number of hydrogen-bond acceptors (Lipinski definition) is 2. The van der Waals surface area contributed by atoms with Crippen molar-refractivity contribution in [3.8, 4) is 0 Å². The van der Waals surface area contributed by atoms with E-state index in [1.54, 1.807) is 4.90 Å². The monoisotopic (exact) mass is 398 g/mol. The Morgan fingerprint density at radius 1 is 1.03 bits per heavy atom. The van der Waals surface area contributed by atoms with E-state index in [0.717, 1.165) is 23.5 Å². The van der Waals surface area contributed by atoms with Crippen molar-refractivity contribution >= 4 is 16.8 Å². The van der Waals surface area contributed by atoms with Gasteiger partial charge in [-0.25, -0.2) is 9.78 Å². The lowest BCUT2D eigenvalue weighted by Gasteiger charge is -2.19. The van der Waals surface area contributed by atoms with Crippen molar-refractivity contribution in [3.05, 3.63) is 102 Å². The van der Waals surface area contributed by atoms with Crippen LogP contribution in [-0.2, 0) is 19.6 Å². The fraction of sp³-hybridized carbons (Fsp3) is 0.200. The molecular weight excluding hydrogens is 372 g/mol. The van der Waals surface area contributed by atoms with Crippen LogP contribution in [0.3, 0.4) is 0 Å². The number of hydrogen-bond donors (Lipinski definition) is 1. The lowest BCUT2D eigenvalue weighted by molar-refractivity contribution is 0.206. The molecule has 0 saturated carbocycles. The highest BCUT2D eigenvalue weighted by Gasteiger charge is 2.11. The van der Waals surface area contributed by atoms with Crippen molar-refractivity contribution in [2.45, 2.75) is 26.6 Å². The zero-order chi connectivity index (χ0) is 20.9. The third kappa shape index (κ3) is 4.51. The fourth-order valence-electron chi connectivity index (χ4n) is 3.68. The van der Waals surface area contributed by atoms with Gasteiger partial charge >= 0.3 is 6.03 Å². The van der Waals surface area contributed by atoms with Gasteiger partial charge in [0.1, 0.15) is 5.82 Å². The van der Waals surface area contributed by atoms with Crippen LogP contribution in [0.4, 0.5) is 4.79 Å². The van der Waals surface area contributed by atoms with Crippen LogP contribution < -0.4 is 5.32 Å². The second kappa shape index (κ2) is 8.82. The lowest BCUT2D eigenvalue weighted by Crippen LogP contribution is -2.36. The van der Waals surface area contributed by atoms with Crippen molar-refractivity contribution in [1.82, 2.24) is 19.8 Å². The summed E-state index contributed by atoms with van der Waals surface area (Å²) in [4.78, 5) is 18.6. The summed E-state index contributed by atoms with van der Waals surface area (Å²) < 4.78 is 2.11. The van der Waals surface area contributed by atoms with Crippen LogP contribution in [0.25, 0.3) is 10.8 Å². The number of aromatic nitrogens is 2. The molecule has 4 rings (SSSR count). The highest BCUT2D eigenvalue weighted by Crippen LogP contribution is 2.19. The van der Waals surface area contributed by atoms with Crippen LogP contribution >= 0.6 is 0 Å². The summed E-state index contributed by atoms with van der Waals surface area (Å²) in [5.74, 6) is 0.990. The van der Waals surface area contributed by atoms with Crippen molar-refractivity contribution in [3.63, 3.8) is 0 Å². The molecule has 0 radical (unpaired) electrons. The van der Waals surface area contributed by atoms with Gasteiger partial charge in [-0.15, -0.1) is 0 Å². The molecule has 0 atom stereocenters. The highest BCUT2D eigenvalue weighted by molar-refractivity contribution is 5.86. The number of carbonyl (C=O) groups excluding carboxylic acids is 1. The third-order valence-electron chi connectivity index (χ3n) is 5.35. The Kier molecular flexibility index (Phi) is 5.80. The summed E-state index contributed by atoms with van der Waals surface area (Å²) in [6.45, 7) is 3.83. The van der Waals surface area contributed by atoms with Gasteiger partial charge in [-0.05, 0) is 34.4 Å². The summed E-state index contributed by atoms with van der Waals surface area (Å²) in [6.07, 6.45) is 3.79. The standard InChI is InChI=1S/C25H26N4O/c1-19-26-13-14-29(19)17-21-8-5-7-20(15-21)16-27-25(30)28(2)18-23-11-6-10-22-9-3-4-12-24(22)23/h3-15H,16-18H2,1-2H3,(H,27,30). The fourth-order valence-corrected chi connectivity index (χ4v) is 3.68. The van der Waals surface area contributed by atoms with E-state index in [9.17, 15) is 4.79 Å². The molecule has 4 aromatic rings. The van der Waals surface area contributed by atoms with E-state index < -0.39 is 0 Å². The van der Waals surface area contributed by atoms with Crippen molar-refractivity contribution < 1.29 is 4.79 Å². The minimum Gasteiger partial charge on any atom is -0.334 e. The van der Waals surface area contributed by atoms with Crippen LogP contribution in [-0.4, -0.2) is 27.5 Å². The van der Waals surface area contributed by atoms with Crippen molar-refractivity contribution in [1.29, 1.82) is 0 Å². The van der Waals surface area contributed by atoms with Crippen molar-refractivity contribution in [2.24, 2.45) is 0 Å². The molecule has 2 amide bonds. The second-order valence-electron chi connectivity index (χ2n) is 7.58. The number of fused-ring (bicyclic) bond motifs is 1. The summed E-state index contributed by atoms with van der Waals surface area (Å²) in [7, 11) is 1.83. The van der Waals surface area contributed by atoms with Gasteiger partial charge in [-0.2, -0.15) is 0 Å². The summed E-state index contributed by atoms with van der Waals surface area (Å²) in [5.41, 5.74) is 3.41. The zero-order valence-electron chi connectivity index (χ0n) is 17.4. The SMILES string of the molecule is Cc1nccn1Cc1cccc(CNC(=O)N(C)Cc2cccc3ccccc23)c1. The van der Waals surface area contributed by atoms with Gasteiger partial charge < -0.3 is 14.8 Å². The lowest BCUT2D eigenvalue weighted by atomic mass is 10.0. The number of nitrogens with one attached hydrogen (secondary N) is 1. The first-order chi connectivity index (χ1) is 14.6. The molecule has 0 unspecified atom stereocenters. The number of carbonyl (C=O) groups is 1. The first-order valence-corrected chi connectivity index (χ1v) is 10.1. The van der Waals surface area contributed by atoms with Gasteiger partial charge in [-0.3, -0.25) is 0 Å². The molecule has 1 N–H and O–H groups in total. The average Bonchev–Trinajstić information content (AvgIpc) is 3.17. The Morgan fingerprint density at radius 3 is 2.63 bits per heavy atom. The second-order valence-corrected chi connectivity index (χ2v) is 7.58. The minimum absolute atomic E-state index is 0.0845. The van der Waals surface area contributed by atoms with Gasteiger partial charge in [0.2, 0.25) is 0 Å². The van der Waals surface area contributed by atoms with E-state index in [4.69, 9.17) is 0 Å². The molecule has 1 aromatic heterocycles. The highest BCUT2D eigenvalue weighted by atomic mass is 16.2. The molecule has 0 aliphatic carbocycles. The van der Waals surface area contributed by atoms with Gasteiger partial charge in [-0.1, -0.05) is 66.7 Å². The van der Waals surface area contributed by atoms with Crippen LogP contribution in [0.15, 0.2) is 79.1 Å². The first-order valence-electron chi connectivity index (χ1n) is 10.1. The largest absolute Gasteiger partial charge is 0.334 e. The molecule has 30 heavy (non-hydrogen) atoms. The maximum Gasteiger partial charge on any atom is 0.317 e. The third-order valence-corrected chi connectivity index (χ3v) is 5.35. The van der Waals surface area contributed by atoms with E-state index in [2.05, 4.69) is 51.3 Å². The van der Waals surface area contributed by atoms with E-state index in [-0.39, 0.29) is 6.03 Å². The Hall–Kier alpha value is -3.60. The summed E-state index contributed by atoms with van der Waals surface area (Å²) >= 11 is 0. The Balaban J connectivity index is 1.37. The number of benzene rings is 3. The molecule has 5 nitrogen and oxygen atoms in total. The van der Waals surface area contributed by atoms with Gasteiger partial charge in [0, 0.05) is 39.1 Å². The molecule has 0 fully saturated rings. The summed E-state index contributed by atoms with van der Waals surface area (Å²) in [5, 5.41) is 5.40. The number of urea groups is 1. The van der Waals surface area contributed by atoms with Crippen LogP contribution in [0.1, 0.15) is 22.5 Å². The van der Waals surface area contributed by atoms with E-state index in [0.29, 0.717) is 13.1 Å². The zero-order valence-corrected chi connectivity index (χ0v) is 17.4. The smallest absolute Gasteiger partial charge is 0.317 e. The van der Waals surface area contributed by atoms with Gasteiger partial charge in [0.25, 0.3) is 0 Å². The van der Waals surface area contributed by atoms with Crippen LogP contribution in [0, 0.1) is 6.92 Å². The van der Waals surface area contributed by atoms with Gasteiger partial charge in [0.05, 0.1) is 0 Å². The molecule has 1 heterocycles. The molecule has 0 aliphatic rings. The summed E-state index contributed by atoms with van der Waals surface area (Å²) in [6, 6.07) is 22.7. The molecule has 3 aromatic carbocycles. The number of aryl methyl sites for hydroxylation is 1. The Labute approximate surface area is 177 Å². The average molecular weight is 399 g/mol. The van der Waals surface area contributed by atoms with Crippen molar-refractivity contribution in [2.75, 3.05) is 7.05 Å². The number of imidazole rings is 1. The number of rotatable bonds is 6. The minimum atomic E-state index is -0.0845. The molecule has 0 spiro atoms. The predicted octanol–water partition coefficient (Wildman–Crippen LogP) is 4.73. The maximum atomic E-state index is 12.6. The Bertz CT molecular complexity index is 1160. The van der Waals surface area contributed by atoms with E-state index >= 15 is 0 Å². The quantitative estimate of drug-likeness (QED) is 0.510. The molecule has 5 heteroatoms. The number of nitrogens with zero attached hydrogens (tertiary/aromatic N) is 3. The van der Waals surface area contributed by atoms with Crippen LogP contribution in [0.5, 0.6) is 0 Å². The first kappa shape index (κ1) is 19.7. The van der Waals surface area contributed by atoms with Crippen LogP contribution in [0.2, 0.25) is 0 Å². The topological polar surface area (TPSA) is 50.2 Å². The molecule has 0 aliphatic heterocycles. The predicted molar refractivity (Wildman–Crippen MR) is 120 cm³/mol. The molecule has 0 saturated heterocycles. The van der Waals surface area contributed by atoms with E-state index in [1.165, 1.54) is 16.3 Å². The Morgan fingerprint density at radius 2 is 1.80 bits per heavy atom. The maximum absolute atomic E-state index is 12.6.